The second-order valence-corrected chi connectivity index (χ2v) is 7.23. The standard InChI is InChI=1S/C14H25ClN2O2S/c1-4-6-8-17(9-7-5-2)20(18,19)14-10-13(11-15)16(3)12-14/h10,12H,4-9,11H2,1-3H3. The predicted octanol–water partition coefficient (Wildman–Crippen LogP) is 3.35. The first-order chi connectivity index (χ1) is 9.47. The molecule has 116 valence electrons. The third-order valence-corrected chi connectivity index (χ3v) is 5.52. The van der Waals surface area contributed by atoms with Crippen molar-refractivity contribution in [3.63, 3.8) is 0 Å². The molecule has 0 amide bonds. The van der Waals surface area contributed by atoms with Gasteiger partial charge in [0.25, 0.3) is 0 Å². The van der Waals surface area contributed by atoms with E-state index in [1.54, 1.807) is 21.1 Å². The molecule has 0 aliphatic carbocycles. The average molecular weight is 321 g/mol. The molecular weight excluding hydrogens is 296 g/mol. The number of nitrogens with zero attached hydrogens (tertiary/aromatic N) is 2. The summed E-state index contributed by atoms with van der Waals surface area (Å²) < 4.78 is 28.8. The number of aromatic nitrogens is 1. The molecule has 0 spiro atoms. The van der Waals surface area contributed by atoms with Gasteiger partial charge >= 0.3 is 0 Å². The smallest absolute Gasteiger partial charge is 0.244 e. The Morgan fingerprint density at radius 3 is 2.15 bits per heavy atom. The zero-order valence-electron chi connectivity index (χ0n) is 12.6. The van der Waals surface area contributed by atoms with Crippen molar-refractivity contribution in [3.8, 4) is 0 Å². The number of sulfonamides is 1. The Kier molecular flexibility index (Phi) is 7.06. The van der Waals surface area contributed by atoms with E-state index in [2.05, 4.69) is 13.8 Å². The summed E-state index contributed by atoms with van der Waals surface area (Å²) in [5, 5.41) is 0. The minimum absolute atomic E-state index is 0.315. The summed E-state index contributed by atoms with van der Waals surface area (Å²) in [4.78, 5) is 0.350. The van der Waals surface area contributed by atoms with Crippen molar-refractivity contribution in [1.29, 1.82) is 0 Å². The summed E-state index contributed by atoms with van der Waals surface area (Å²) in [6.45, 7) is 5.31. The van der Waals surface area contributed by atoms with E-state index in [-0.39, 0.29) is 0 Å². The number of unbranched alkanes of at least 4 members (excludes halogenated alkanes) is 2. The van der Waals surface area contributed by atoms with Crippen LogP contribution in [0.25, 0.3) is 0 Å². The van der Waals surface area contributed by atoms with Crippen molar-refractivity contribution in [2.45, 2.75) is 50.3 Å². The quantitative estimate of drug-likeness (QED) is 0.655. The van der Waals surface area contributed by atoms with Crippen molar-refractivity contribution in [2.24, 2.45) is 7.05 Å². The Balaban J connectivity index is 3.00. The maximum atomic E-state index is 12.7. The van der Waals surface area contributed by atoms with Gasteiger partial charge in [-0.25, -0.2) is 8.42 Å². The minimum atomic E-state index is -3.40. The van der Waals surface area contributed by atoms with Crippen molar-refractivity contribution in [3.05, 3.63) is 18.0 Å². The zero-order valence-corrected chi connectivity index (χ0v) is 14.2. The molecule has 0 fully saturated rings. The normalized spacial score (nSPS) is 12.2. The fourth-order valence-electron chi connectivity index (χ4n) is 2.02. The summed E-state index contributed by atoms with van der Waals surface area (Å²) in [5.41, 5.74) is 0.816. The molecule has 1 aromatic heterocycles. The average Bonchev–Trinajstić information content (AvgIpc) is 2.80. The van der Waals surface area contributed by atoms with Crippen LogP contribution in [-0.2, 0) is 23.0 Å². The number of alkyl halides is 1. The first-order valence-electron chi connectivity index (χ1n) is 7.18. The molecule has 0 saturated heterocycles. The van der Waals surface area contributed by atoms with Gasteiger partial charge in [-0.05, 0) is 18.9 Å². The summed E-state index contributed by atoms with van der Waals surface area (Å²) >= 11 is 5.81. The van der Waals surface area contributed by atoms with Crippen LogP contribution in [0.15, 0.2) is 17.2 Å². The second kappa shape index (κ2) is 8.05. The lowest BCUT2D eigenvalue weighted by Crippen LogP contribution is -2.32. The molecule has 1 rings (SSSR count). The highest BCUT2D eigenvalue weighted by Gasteiger charge is 2.25. The fourth-order valence-corrected chi connectivity index (χ4v) is 3.90. The van der Waals surface area contributed by atoms with E-state index >= 15 is 0 Å². The fraction of sp³-hybridized carbons (Fsp3) is 0.714. The van der Waals surface area contributed by atoms with Crippen LogP contribution in [0.3, 0.4) is 0 Å². The van der Waals surface area contributed by atoms with Gasteiger partial charge in [0.1, 0.15) is 4.90 Å². The van der Waals surface area contributed by atoms with Gasteiger partial charge in [-0.2, -0.15) is 4.31 Å². The Bertz CT molecular complexity index is 503. The maximum absolute atomic E-state index is 12.7. The molecule has 0 saturated carbocycles. The van der Waals surface area contributed by atoms with Crippen molar-refractivity contribution < 1.29 is 8.42 Å². The topological polar surface area (TPSA) is 42.3 Å². The van der Waals surface area contributed by atoms with Gasteiger partial charge in [-0.15, -0.1) is 11.6 Å². The first-order valence-corrected chi connectivity index (χ1v) is 9.16. The van der Waals surface area contributed by atoms with Gasteiger partial charge in [0.15, 0.2) is 0 Å². The van der Waals surface area contributed by atoms with Crippen LogP contribution in [0.1, 0.15) is 45.2 Å². The SMILES string of the molecule is CCCCN(CCCC)S(=O)(=O)c1cc(CCl)n(C)c1. The molecular formula is C14H25ClN2O2S. The third-order valence-electron chi connectivity index (χ3n) is 3.38. The van der Waals surface area contributed by atoms with E-state index in [9.17, 15) is 8.42 Å². The number of rotatable bonds is 9. The lowest BCUT2D eigenvalue weighted by molar-refractivity contribution is 0.395. The van der Waals surface area contributed by atoms with Gasteiger partial charge in [0.2, 0.25) is 10.0 Å². The summed E-state index contributed by atoms with van der Waals surface area (Å²) in [6.07, 6.45) is 5.40. The minimum Gasteiger partial charge on any atom is -0.352 e. The van der Waals surface area contributed by atoms with Crippen molar-refractivity contribution in [2.75, 3.05) is 13.1 Å². The van der Waals surface area contributed by atoms with Crippen molar-refractivity contribution in [1.82, 2.24) is 8.87 Å². The number of hydrogen-bond donors (Lipinski definition) is 0. The van der Waals surface area contributed by atoms with Crippen LogP contribution in [-0.4, -0.2) is 30.4 Å². The lowest BCUT2D eigenvalue weighted by Gasteiger charge is -2.21. The molecule has 0 aromatic carbocycles. The van der Waals surface area contributed by atoms with Gasteiger partial charge in [0.05, 0.1) is 5.88 Å². The number of hydrogen-bond acceptors (Lipinski definition) is 2. The van der Waals surface area contributed by atoms with E-state index in [0.717, 1.165) is 31.4 Å². The van der Waals surface area contributed by atoms with E-state index in [1.807, 2.05) is 7.05 Å². The van der Waals surface area contributed by atoms with Crippen molar-refractivity contribution >= 4 is 21.6 Å². The molecule has 1 aromatic rings. The van der Waals surface area contributed by atoms with E-state index in [0.29, 0.717) is 23.9 Å². The Morgan fingerprint density at radius 1 is 1.20 bits per heavy atom. The highest BCUT2D eigenvalue weighted by molar-refractivity contribution is 7.89. The van der Waals surface area contributed by atoms with Crippen LogP contribution in [0, 0.1) is 0 Å². The van der Waals surface area contributed by atoms with E-state index < -0.39 is 10.0 Å². The number of aryl methyl sites for hydroxylation is 1. The second-order valence-electron chi connectivity index (χ2n) is 5.02. The van der Waals surface area contributed by atoms with Gasteiger partial charge < -0.3 is 4.57 Å². The molecule has 0 N–H and O–H groups in total. The zero-order chi connectivity index (χ0) is 15.2. The number of halogens is 1. The Hall–Kier alpha value is -0.520. The molecule has 4 nitrogen and oxygen atoms in total. The molecule has 0 radical (unpaired) electrons. The van der Waals surface area contributed by atoms with E-state index in [4.69, 9.17) is 11.6 Å². The molecule has 6 heteroatoms. The summed E-state index contributed by atoms with van der Waals surface area (Å²) in [7, 11) is -1.58. The molecule has 0 aliphatic rings. The molecule has 20 heavy (non-hydrogen) atoms. The maximum Gasteiger partial charge on any atom is 0.244 e. The molecule has 0 atom stereocenters. The predicted molar refractivity (Wildman–Crippen MR) is 83.5 cm³/mol. The summed E-state index contributed by atoms with van der Waals surface area (Å²) in [6, 6.07) is 1.67. The first kappa shape index (κ1) is 17.5. The molecule has 0 aliphatic heterocycles. The van der Waals surface area contributed by atoms with Crippen LogP contribution in [0.5, 0.6) is 0 Å². The highest BCUT2D eigenvalue weighted by atomic mass is 35.5. The third kappa shape index (κ3) is 4.24. The van der Waals surface area contributed by atoms with Gasteiger partial charge in [0, 0.05) is 32.0 Å². The molecule has 1 heterocycles. The van der Waals surface area contributed by atoms with Crippen LogP contribution < -0.4 is 0 Å². The van der Waals surface area contributed by atoms with Crippen LogP contribution in [0.4, 0.5) is 0 Å². The van der Waals surface area contributed by atoms with Gasteiger partial charge in [-0.1, -0.05) is 26.7 Å². The Morgan fingerprint density at radius 2 is 1.75 bits per heavy atom. The van der Waals surface area contributed by atoms with E-state index in [1.165, 1.54) is 0 Å². The molecule has 0 bridgehead atoms. The monoisotopic (exact) mass is 320 g/mol. The summed E-state index contributed by atoms with van der Waals surface area (Å²) in [5.74, 6) is 0.315. The molecule has 0 unspecified atom stereocenters. The lowest BCUT2D eigenvalue weighted by atomic mass is 10.3. The Labute approximate surface area is 127 Å². The largest absolute Gasteiger partial charge is 0.352 e. The van der Waals surface area contributed by atoms with Crippen LogP contribution >= 0.6 is 11.6 Å². The highest BCUT2D eigenvalue weighted by Crippen LogP contribution is 2.20. The van der Waals surface area contributed by atoms with Crippen LogP contribution in [0.2, 0.25) is 0 Å². The van der Waals surface area contributed by atoms with Gasteiger partial charge in [-0.3, -0.25) is 0 Å².